The Morgan fingerprint density at radius 3 is 2.32 bits per heavy atom. The van der Waals surface area contributed by atoms with Gasteiger partial charge in [-0.2, -0.15) is 0 Å². The number of hydrogen-bond donors (Lipinski definition) is 3. The van der Waals surface area contributed by atoms with E-state index < -0.39 is 0 Å². The highest BCUT2D eigenvalue weighted by atomic mass is 32.1. The molecule has 0 aliphatic carbocycles. The molecule has 0 aliphatic heterocycles. The summed E-state index contributed by atoms with van der Waals surface area (Å²) in [6.07, 6.45) is 0.828. The number of nitrogens with one attached hydrogen (secondary N) is 3. The molecule has 28 heavy (non-hydrogen) atoms. The molecular formula is C21H25N3O3S. The lowest BCUT2D eigenvalue weighted by molar-refractivity contribution is 0.0938. The summed E-state index contributed by atoms with van der Waals surface area (Å²) in [6.45, 7) is 6.24. The van der Waals surface area contributed by atoms with E-state index in [2.05, 4.69) is 16.0 Å². The first-order chi connectivity index (χ1) is 13.5. The molecule has 1 unspecified atom stereocenters. The number of thiocarbonyl (C=S) groups is 1. The zero-order valence-electron chi connectivity index (χ0n) is 16.2. The van der Waals surface area contributed by atoms with E-state index in [1.54, 1.807) is 48.5 Å². The van der Waals surface area contributed by atoms with Crippen molar-refractivity contribution >= 4 is 34.8 Å². The van der Waals surface area contributed by atoms with Crippen LogP contribution in [0.2, 0.25) is 0 Å². The molecule has 2 amide bonds. The summed E-state index contributed by atoms with van der Waals surface area (Å²) >= 11 is 5.26. The van der Waals surface area contributed by atoms with Crippen LogP contribution >= 0.6 is 12.2 Å². The van der Waals surface area contributed by atoms with Gasteiger partial charge in [0.2, 0.25) is 0 Å². The molecule has 0 saturated carbocycles. The van der Waals surface area contributed by atoms with E-state index in [1.165, 1.54) is 0 Å². The van der Waals surface area contributed by atoms with E-state index in [-0.39, 0.29) is 23.0 Å². The van der Waals surface area contributed by atoms with Crippen LogP contribution in [0, 0.1) is 0 Å². The van der Waals surface area contributed by atoms with Crippen molar-refractivity contribution in [2.24, 2.45) is 0 Å². The highest BCUT2D eigenvalue weighted by molar-refractivity contribution is 7.80. The van der Waals surface area contributed by atoms with Crippen LogP contribution in [-0.4, -0.2) is 29.6 Å². The SMILES string of the molecule is CCOc1ccccc1C(=O)NC(=S)Nc1ccccc1C(=O)NC(C)CC. The first kappa shape index (κ1) is 21.4. The summed E-state index contributed by atoms with van der Waals surface area (Å²) in [5, 5.41) is 8.58. The van der Waals surface area contributed by atoms with Crippen molar-refractivity contribution in [1.29, 1.82) is 0 Å². The van der Waals surface area contributed by atoms with Crippen molar-refractivity contribution in [3.05, 3.63) is 59.7 Å². The van der Waals surface area contributed by atoms with Gasteiger partial charge in [-0.25, -0.2) is 0 Å². The first-order valence-electron chi connectivity index (χ1n) is 9.20. The fourth-order valence-corrected chi connectivity index (χ4v) is 2.66. The Hall–Kier alpha value is -2.93. The Labute approximate surface area is 170 Å². The second-order valence-corrected chi connectivity index (χ2v) is 6.57. The molecular weight excluding hydrogens is 374 g/mol. The van der Waals surface area contributed by atoms with Crippen molar-refractivity contribution < 1.29 is 14.3 Å². The second-order valence-electron chi connectivity index (χ2n) is 6.17. The van der Waals surface area contributed by atoms with E-state index in [9.17, 15) is 9.59 Å². The van der Waals surface area contributed by atoms with Crippen LogP contribution in [0.3, 0.4) is 0 Å². The largest absolute Gasteiger partial charge is 0.493 e. The first-order valence-corrected chi connectivity index (χ1v) is 9.61. The molecule has 0 radical (unpaired) electrons. The number of hydrogen-bond acceptors (Lipinski definition) is 4. The van der Waals surface area contributed by atoms with Gasteiger partial charge in [0.1, 0.15) is 5.75 Å². The highest BCUT2D eigenvalue weighted by Crippen LogP contribution is 2.18. The normalized spacial score (nSPS) is 11.2. The van der Waals surface area contributed by atoms with E-state index in [0.717, 1.165) is 6.42 Å². The lowest BCUT2D eigenvalue weighted by atomic mass is 10.1. The number of benzene rings is 2. The van der Waals surface area contributed by atoms with Gasteiger partial charge in [-0.3, -0.25) is 14.9 Å². The molecule has 0 heterocycles. The number of para-hydroxylation sites is 2. The van der Waals surface area contributed by atoms with Gasteiger partial charge < -0.3 is 15.4 Å². The maximum absolute atomic E-state index is 12.5. The van der Waals surface area contributed by atoms with Crippen LogP contribution < -0.4 is 20.7 Å². The predicted molar refractivity (Wildman–Crippen MR) is 115 cm³/mol. The quantitative estimate of drug-likeness (QED) is 0.618. The summed E-state index contributed by atoms with van der Waals surface area (Å²) in [4.78, 5) is 25.0. The average Bonchev–Trinajstić information content (AvgIpc) is 2.68. The molecule has 2 aromatic carbocycles. The molecule has 7 heteroatoms. The Bertz CT molecular complexity index is 854. The lowest BCUT2D eigenvalue weighted by Crippen LogP contribution is -2.36. The van der Waals surface area contributed by atoms with Gasteiger partial charge in [0.05, 0.1) is 23.4 Å². The maximum atomic E-state index is 12.5. The van der Waals surface area contributed by atoms with Crippen LogP contribution in [0.5, 0.6) is 5.75 Å². The fourth-order valence-electron chi connectivity index (χ4n) is 2.45. The van der Waals surface area contributed by atoms with Crippen LogP contribution in [0.15, 0.2) is 48.5 Å². The van der Waals surface area contributed by atoms with E-state index in [4.69, 9.17) is 17.0 Å². The van der Waals surface area contributed by atoms with E-state index in [0.29, 0.717) is 29.2 Å². The van der Waals surface area contributed by atoms with Gasteiger partial charge in [0.15, 0.2) is 5.11 Å². The third-order valence-electron chi connectivity index (χ3n) is 4.07. The van der Waals surface area contributed by atoms with Crippen molar-refractivity contribution in [3.8, 4) is 5.75 Å². The number of ether oxygens (including phenoxy) is 1. The van der Waals surface area contributed by atoms with Crippen molar-refractivity contribution in [2.75, 3.05) is 11.9 Å². The Kier molecular flexibility index (Phi) is 7.95. The molecule has 3 N–H and O–H groups in total. The van der Waals surface area contributed by atoms with Crippen LogP contribution in [0.1, 0.15) is 47.9 Å². The number of amides is 2. The zero-order chi connectivity index (χ0) is 20.5. The van der Waals surface area contributed by atoms with Crippen molar-refractivity contribution in [3.63, 3.8) is 0 Å². The monoisotopic (exact) mass is 399 g/mol. The van der Waals surface area contributed by atoms with Crippen LogP contribution in [0.25, 0.3) is 0 Å². The molecule has 0 spiro atoms. The predicted octanol–water partition coefficient (Wildman–Crippen LogP) is 3.74. The molecule has 148 valence electrons. The number of rotatable bonds is 7. The lowest BCUT2D eigenvalue weighted by Gasteiger charge is -2.16. The summed E-state index contributed by atoms with van der Waals surface area (Å²) in [6, 6.07) is 14.0. The smallest absolute Gasteiger partial charge is 0.261 e. The Morgan fingerprint density at radius 1 is 1.00 bits per heavy atom. The zero-order valence-corrected chi connectivity index (χ0v) is 17.1. The topological polar surface area (TPSA) is 79.5 Å². The summed E-state index contributed by atoms with van der Waals surface area (Å²) in [5.74, 6) is -0.102. The molecule has 0 aromatic heterocycles. The summed E-state index contributed by atoms with van der Waals surface area (Å²) in [7, 11) is 0. The van der Waals surface area contributed by atoms with Crippen molar-refractivity contribution in [2.45, 2.75) is 33.2 Å². The van der Waals surface area contributed by atoms with Gasteiger partial charge in [-0.1, -0.05) is 31.2 Å². The molecule has 0 fully saturated rings. The molecule has 1 atom stereocenters. The van der Waals surface area contributed by atoms with Crippen LogP contribution in [0.4, 0.5) is 5.69 Å². The standard InChI is InChI=1S/C21H25N3O3S/c1-4-14(3)22-19(25)15-10-6-8-12-17(15)23-21(28)24-20(26)16-11-7-9-13-18(16)27-5-2/h6-14H,4-5H2,1-3H3,(H,22,25)(H2,23,24,26,28). The Morgan fingerprint density at radius 2 is 1.64 bits per heavy atom. The third-order valence-corrected chi connectivity index (χ3v) is 4.27. The van der Waals surface area contributed by atoms with Gasteiger partial charge in [0, 0.05) is 6.04 Å². The number of carbonyl (C=O) groups excluding carboxylic acids is 2. The van der Waals surface area contributed by atoms with Crippen molar-refractivity contribution in [1.82, 2.24) is 10.6 Å². The maximum Gasteiger partial charge on any atom is 0.261 e. The average molecular weight is 400 g/mol. The highest BCUT2D eigenvalue weighted by Gasteiger charge is 2.16. The minimum absolute atomic E-state index is 0.0577. The third kappa shape index (κ3) is 5.79. The number of anilines is 1. The Balaban J connectivity index is 2.10. The van der Waals surface area contributed by atoms with Gasteiger partial charge in [0.25, 0.3) is 11.8 Å². The van der Waals surface area contributed by atoms with E-state index in [1.807, 2.05) is 20.8 Å². The molecule has 0 aliphatic rings. The van der Waals surface area contributed by atoms with Gasteiger partial charge in [-0.05, 0) is 56.8 Å². The summed E-state index contributed by atoms with van der Waals surface area (Å²) in [5.41, 5.74) is 1.36. The van der Waals surface area contributed by atoms with Gasteiger partial charge >= 0.3 is 0 Å². The summed E-state index contributed by atoms with van der Waals surface area (Å²) < 4.78 is 5.48. The minimum atomic E-state index is -0.386. The van der Waals surface area contributed by atoms with Crippen LogP contribution in [-0.2, 0) is 0 Å². The molecule has 2 rings (SSSR count). The molecule has 6 nitrogen and oxygen atoms in total. The van der Waals surface area contributed by atoms with E-state index >= 15 is 0 Å². The second kappa shape index (κ2) is 10.4. The number of carbonyl (C=O) groups is 2. The minimum Gasteiger partial charge on any atom is -0.493 e. The van der Waals surface area contributed by atoms with Gasteiger partial charge in [-0.15, -0.1) is 0 Å². The fraction of sp³-hybridized carbons (Fsp3) is 0.286. The molecule has 2 aromatic rings. The molecule has 0 saturated heterocycles. The molecule has 0 bridgehead atoms.